The molecule has 0 saturated heterocycles. The van der Waals surface area contributed by atoms with Crippen LogP contribution < -0.4 is 4.74 Å². The molecule has 0 aliphatic carbocycles. The molecule has 0 fully saturated rings. The number of benzene rings is 1. The van der Waals surface area contributed by atoms with Crippen molar-refractivity contribution in [3.63, 3.8) is 0 Å². The lowest BCUT2D eigenvalue weighted by atomic mass is 10.3. The van der Waals surface area contributed by atoms with Crippen LogP contribution in [-0.4, -0.2) is 10.2 Å². The second-order valence-electron chi connectivity index (χ2n) is 2.55. The largest absolute Gasteiger partial charge is 0.482 e. The van der Waals surface area contributed by atoms with Crippen LogP contribution in [0.5, 0.6) is 5.75 Å². The molecular formula is C9H7ClN2O2. The Labute approximate surface area is 85.5 Å². The van der Waals surface area contributed by atoms with Gasteiger partial charge in [0, 0.05) is 0 Å². The predicted molar refractivity (Wildman–Crippen MR) is 50.1 cm³/mol. The van der Waals surface area contributed by atoms with E-state index >= 15 is 0 Å². The first-order valence-electron chi connectivity index (χ1n) is 3.98. The summed E-state index contributed by atoms with van der Waals surface area (Å²) in [4.78, 5) is 0. The fourth-order valence-electron chi connectivity index (χ4n) is 0.960. The van der Waals surface area contributed by atoms with Gasteiger partial charge in [0.25, 0.3) is 5.89 Å². The zero-order valence-electron chi connectivity index (χ0n) is 7.18. The number of hydrogen-bond donors (Lipinski definition) is 0. The minimum Gasteiger partial charge on any atom is -0.482 e. The number of ether oxygens (including phenoxy) is 1. The second kappa shape index (κ2) is 4.11. The molecule has 2 aromatic rings. The number of para-hydroxylation sites is 1. The van der Waals surface area contributed by atoms with E-state index < -0.39 is 0 Å². The molecule has 14 heavy (non-hydrogen) atoms. The number of aromatic nitrogens is 2. The Balaban J connectivity index is 2.02. The molecule has 0 N–H and O–H groups in total. The average molecular weight is 211 g/mol. The topological polar surface area (TPSA) is 48.2 Å². The Bertz CT molecular complexity index is 403. The highest BCUT2D eigenvalue weighted by atomic mass is 35.5. The predicted octanol–water partition coefficient (Wildman–Crippen LogP) is 2.30. The summed E-state index contributed by atoms with van der Waals surface area (Å²) in [6.07, 6.45) is 1.26. The number of rotatable bonds is 3. The summed E-state index contributed by atoms with van der Waals surface area (Å²) in [6, 6.07) is 7.21. The summed E-state index contributed by atoms with van der Waals surface area (Å²) < 4.78 is 10.3. The molecular weight excluding hydrogens is 204 g/mol. The van der Waals surface area contributed by atoms with Crippen molar-refractivity contribution in [1.82, 2.24) is 10.2 Å². The summed E-state index contributed by atoms with van der Waals surface area (Å²) >= 11 is 5.87. The molecule has 4 nitrogen and oxygen atoms in total. The van der Waals surface area contributed by atoms with Crippen LogP contribution in [-0.2, 0) is 6.61 Å². The Kier molecular flexibility index (Phi) is 2.65. The van der Waals surface area contributed by atoms with Crippen molar-refractivity contribution in [2.75, 3.05) is 0 Å². The van der Waals surface area contributed by atoms with E-state index in [1.54, 1.807) is 12.1 Å². The lowest BCUT2D eigenvalue weighted by Gasteiger charge is -2.03. The summed E-state index contributed by atoms with van der Waals surface area (Å²) in [7, 11) is 0. The maximum absolute atomic E-state index is 5.87. The maximum Gasteiger partial charge on any atom is 0.253 e. The van der Waals surface area contributed by atoms with E-state index in [9.17, 15) is 0 Å². The van der Waals surface area contributed by atoms with Gasteiger partial charge in [0.15, 0.2) is 6.61 Å². The first kappa shape index (κ1) is 9.02. The summed E-state index contributed by atoms with van der Waals surface area (Å²) in [5.41, 5.74) is 0. The van der Waals surface area contributed by atoms with E-state index in [-0.39, 0.29) is 6.61 Å². The molecule has 1 aromatic carbocycles. The van der Waals surface area contributed by atoms with Gasteiger partial charge in [-0.15, -0.1) is 10.2 Å². The van der Waals surface area contributed by atoms with Crippen molar-refractivity contribution in [2.45, 2.75) is 6.61 Å². The summed E-state index contributed by atoms with van der Waals surface area (Å²) in [5.74, 6) is 1.03. The fraction of sp³-hybridized carbons (Fsp3) is 0.111. The molecule has 0 radical (unpaired) electrons. The van der Waals surface area contributed by atoms with Gasteiger partial charge < -0.3 is 9.15 Å². The third-order valence-corrected chi connectivity index (χ3v) is 1.91. The van der Waals surface area contributed by atoms with Crippen LogP contribution in [0.3, 0.4) is 0 Å². The zero-order chi connectivity index (χ0) is 9.80. The van der Waals surface area contributed by atoms with Gasteiger partial charge in [-0.3, -0.25) is 0 Å². The Morgan fingerprint density at radius 1 is 1.36 bits per heavy atom. The van der Waals surface area contributed by atoms with E-state index in [2.05, 4.69) is 10.2 Å². The van der Waals surface area contributed by atoms with Crippen LogP contribution in [0, 0.1) is 0 Å². The van der Waals surface area contributed by atoms with E-state index in [0.717, 1.165) is 0 Å². The van der Waals surface area contributed by atoms with Crippen LogP contribution in [0.1, 0.15) is 5.89 Å². The van der Waals surface area contributed by atoms with Gasteiger partial charge in [-0.25, -0.2) is 0 Å². The smallest absolute Gasteiger partial charge is 0.253 e. The maximum atomic E-state index is 5.87. The van der Waals surface area contributed by atoms with Crippen molar-refractivity contribution in [3.05, 3.63) is 41.6 Å². The Hall–Kier alpha value is -1.55. The molecule has 0 saturated carbocycles. The standard InChI is InChI=1S/C9H7ClN2O2/c10-7-3-1-2-4-8(7)13-5-9-12-11-6-14-9/h1-4,6H,5H2. The minimum absolute atomic E-state index is 0.226. The molecule has 1 aromatic heterocycles. The molecule has 0 aliphatic rings. The van der Waals surface area contributed by atoms with Crippen molar-refractivity contribution < 1.29 is 9.15 Å². The highest BCUT2D eigenvalue weighted by Crippen LogP contribution is 2.23. The third-order valence-electron chi connectivity index (χ3n) is 1.59. The van der Waals surface area contributed by atoms with Gasteiger partial charge in [-0.1, -0.05) is 23.7 Å². The lowest BCUT2D eigenvalue weighted by Crippen LogP contribution is -1.95. The molecule has 0 spiro atoms. The average Bonchev–Trinajstić information content (AvgIpc) is 2.69. The van der Waals surface area contributed by atoms with Gasteiger partial charge in [-0.2, -0.15) is 0 Å². The Morgan fingerprint density at radius 2 is 2.21 bits per heavy atom. The van der Waals surface area contributed by atoms with Gasteiger partial charge in [0.1, 0.15) is 5.75 Å². The number of nitrogens with zero attached hydrogens (tertiary/aromatic N) is 2. The molecule has 0 unspecified atom stereocenters. The normalized spacial score (nSPS) is 10.1. The van der Waals surface area contributed by atoms with Gasteiger partial charge in [-0.05, 0) is 12.1 Å². The molecule has 0 atom stereocenters. The molecule has 0 amide bonds. The zero-order valence-corrected chi connectivity index (χ0v) is 7.94. The van der Waals surface area contributed by atoms with E-state index in [1.807, 2.05) is 12.1 Å². The molecule has 1 heterocycles. The second-order valence-corrected chi connectivity index (χ2v) is 2.96. The fourth-order valence-corrected chi connectivity index (χ4v) is 1.15. The van der Waals surface area contributed by atoms with Crippen LogP contribution in [0.2, 0.25) is 5.02 Å². The summed E-state index contributed by atoms with van der Waals surface area (Å²) in [5, 5.41) is 7.77. The van der Waals surface area contributed by atoms with E-state index in [1.165, 1.54) is 6.39 Å². The third kappa shape index (κ3) is 2.03. The quantitative estimate of drug-likeness (QED) is 0.780. The molecule has 0 bridgehead atoms. The summed E-state index contributed by atoms with van der Waals surface area (Å²) in [6.45, 7) is 0.226. The van der Waals surface area contributed by atoms with Crippen molar-refractivity contribution >= 4 is 11.6 Å². The van der Waals surface area contributed by atoms with Crippen molar-refractivity contribution in [2.24, 2.45) is 0 Å². The van der Waals surface area contributed by atoms with Gasteiger partial charge >= 0.3 is 0 Å². The first-order valence-corrected chi connectivity index (χ1v) is 4.36. The van der Waals surface area contributed by atoms with Crippen molar-refractivity contribution in [1.29, 1.82) is 0 Å². The van der Waals surface area contributed by atoms with Gasteiger partial charge in [0.05, 0.1) is 5.02 Å². The minimum atomic E-state index is 0.226. The molecule has 5 heteroatoms. The number of hydrogen-bond acceptors (Lipinski definition) is 4. The van der Waals surface area contributed by atoms with E-state index in [4.69, 9.17) is 20.8 Å². The molecule has 72 valence electrons. The van der Waals surface area contributed by atoms with Crippen LogP contribution in [0.25, 0.3) is 0 Å². The number of halogens is 1. The first-order chi connectivity index (χ1) is 6.86. The van der Waals surface area contributed by atoms with Crippen LogP contribution in [0.4, 0.5) is 0 Å². The molecule has 2 rings (SSSR count). The molecule has 0 aliphatic heterocycles. The SMILES string of the molecule is Clc1ccccc1OCc1nnco1. The van der Waals surface area contributed by atoms with Crippen molar-refractivity contribution in [3.8, 4) is 5.75 Å². The highest BCUT2D eigenvalue weighted by Gasteiger charge is 2.02. The van der Waals surface area contributed by atoms with Crippen LogP contribution in [0.15, 0.2) is 35.1 Å². The van der Waals surface area contributed by atoms with E-state index in [0.29, 0.717) is 16.7 Å². The monoisotopic (exact) mass is 210 g/mol. The lowest BCUT2D eigenvalue weighted by molar-refractivity contribution is 0.263. The Morgan fingerprint density at radius 3 is 2.93 bits per heavy atom. The van der Waals surface area contributed by atoms with Gasteiger partial charge in [0.2, 0.25) is 6.39 Å². The highest BCUT2D eigenvalue weighted by molar-refractivity contribution is 6.32. The van der Waals surface area contributed by atoms with Crippen LogP contribution >= 0.6 is 11.6 Å².